The Bertz CT molecular complexity index is 967. The van der Waals surface area contributed by atoms with Crippen LogP contribution in [0.4, 0.5) is 10.5 Å². The summed E-state index contributed by atoms with van der Waals surface area (Å²) < 4.78 is 33.3. The molecule has 9 nitrogen and oxygen atoms in total. The van der Waals surface area contributed by atoms with Gasteiger partial charge in [-0.2, -0.15) is 0 Å². The Morgan fingerprint density at radius 2 is 1.81 bits per heavy atom. The van der Waals surface area contributed by atoms with Crippen molar-refractivity contribution in [2.24, 2.45) is 4.99 Å². The number of sulfonamides is 1. The fourth-order valence-electron chi connectivity index (χ4n) is 3.69. The predicted molar refractivity (Wildman–Crippen MR) is 122 cm³/mol. The van der Waals surface area contributed by atoms with Gasteiger partial charge in [-0.15, -0.1) is 0 Å². The summed E-state index contributed by atoms with van der Waals surface area (Å²) in [5.41, 5.74) is -0.185. The fraction of sp³-hybridized carbons (Fsp3) is 0.591. The molecular formula is C22H32N4O5S. The van der Waals surface area contributed by atoms with E-state index >= 15 is 0 Å². The summed E-state index contributed by atoms with van der Waals surface area (Å²) in [5.74, 6) is 0.165. The summed E-state index contributed by atoms with van der Waals surface area (Å²) in [4.78, 5) is 31.0. The summed E-state index contributed by atoms with van der Waals surface area (Å²) in [6.45, 7) is 6.43. The lowest BCUT2D eigenvalue weighted by atomic mass is 10.2. The molecule has 2 aliphatic heterocycles. The predicted octanol–water partition coefficient (Wildman–Crippen LogP) is 3.28. The van der Waals surface area contributed by atoms with Crippen molar-refractivity contribution in [3.8, 4) is 0 Å². The number of anilines is 1. The zero-order valence-electron chi connectivity index (χ0n) is 18.9. The minimum Gasteiger partial charge on any atom is -0.444 e. The Hall–Kier alpha value is -2.62. The second-order valence-corrected chi connectivity index (χ2v) is 10.8. The molecule has 0 saturated carbocycles. The Morgan fingerprint density at radius 1 is 1.09 bits per heavy atom. The smallest absolute Gasteiger partial charge is 0.410 e. The molecule has 10 heteroatoms. The number of amidine groups is 1. The Labute approximate surface area is 189 Å². The van der Waals surface area contributed by atoms with Gasteiger partial charge in [0.25, 0.3) is 10.0 Å². The lowest BCUT2D eigenvalue weighted by Crippen LogP contribution is -2.45. The van der Waals surface area contributed by atoms with Gasteiger partial charge in [0, 0.05) is 25.2 Å². The van der Waals surface area contributed by atoms with E-state index in [4.69, 9.17) is 4.74 Å². The van der Waals surface area contributed by atoms with Crippen LogP contribution in [-0.4, -0.2) is 55.9 Å². The van der Waals surface area contributed by atoms with Crippen molar-refractivity contribution in [3.63, 3.8) is 0 Å². The van der Waals surface area contributed by atoms with E-state index < -0.39 is 27.8 Å². The molecule has 0 aliphatic carbocycles. The van der Waals surface area contributed by atoms with Crippen LogP contribution >= 0.6 is 0 Å². The number of nitrogens with one attached hydrogen (secondary N) is 2. The number of hydrogen-bond acceptors (Lipinski definition) is 6. The van der Waals surface area contributed by atoms with Gasteiger partial charge in [0.05, 0.1) is 4.90 Å². The number of carbonyl (C=O) groups is 2. The molecule has 0 radical (unpaired) electrons. The lowest BCUT2D eigenvalue weighted by molar-refractivity contribution is -0.120. The molecule has 2 aliphatic rings. The van der Waals surface area contributed by atoms with E-state index in [1.165, 1.54) is 29.2 Å². The molecule has 2 amide bonds. The minimum atomic E-state index is -3.74. The van der Waals surface area contributed by atoms with Crippen LogP contribution in [0.1, 0.15) is 59.3 Å². The van der Waals surface area contributed by atoms with Gasteiger partial charge in [-0.1, -0.05) is 6.42 Å². The number of amides is 2. The first-order chi connectivity index (χ1) is 15.0. The third-order valence-electron chi connectivity index (χ3n) is 5.24. The van der Waals surface area contributed by atoms with E-state index in [0.717, 1.165) is 19.3 Å². The van der Waals surface area contributed by atoms with Crippen LogP contribution in [0.3, 0.4) is 0 Å². The fourth-order valence-corrected chi connectivity index (χ4v) is 4.78. The number of ether oxygens (including phenoxy) is 1. The Morgan fingerprint density at radius 3 is 2.50 bits per heavy atom. The lowest BCUT2D eigenvalue weighted by Gasteiger charge is -2.28. The number of likely N-dealkylation sites (tertiary alicyclic amines) is 1. The van der Waals surface area contributed by atoms with E-state index in [2.05, 4.69) is 15.0 Å². The second-order valence-electron chi connectivity index (χ2n) is 9.09. The third kappa shape index (κ3) is 6.44. The molecule has 0 bridgehead atoms. The maximum atomic E-state index is 12.8. The summed E-state index contributed by atoms with van der Waals surface area (Å²) in [6.07, 6.45) is 4.27. The molecule has 2 N–H and O–H groups in total. The molecule has 32 heavy (non-hydrogen) atoms. The van der Waals surface area contributed by atoms with Crippen molar-refractivity contribution in [2.75, 3.05) is 18.4 Å². The van der Waals surface area contributed by atoms with Gasteiger partial charge >= 0.3 is 6.09 Å². The molecule has 1 aromatic carbocycles. The highest BCUT2D eigenvalue weighted by Crippen LogP contribution is 2.23. The summed E-state index contributed by atoms with van der Waals surface area (Å²) >= 11 is 0. The van der Waals surface area contributed by atoms with Crippen LogP contribution in [0.15, 0.2) is 34.2 Å². The highest BCUT2D eigenvalue weighted by molar-refractivity contribution is 7.90. The number of hydrogen-bond donors (Lipinski definition) is 2. The van der Waals surface area contributed by atoms with E-state index in [1.54, 1.807) is 20.8 Å². The van der Waals surface area contributed by atoms with Crippen molar-refractivity contribution in [3.05, 3.63) is 24.3 Å². The normalized spacial score (nSPS) is 19.7. The van der Waals surface area contributed by atoms with E-state index in [-0.39, 0.29) is 10.8 Å². The zero-order chi connectivity index (χ0) is 23.4. The van der Waals surface area contributed by atoms with Gasteiger partial charge in [0.2, 0.25) is 5.91 Å². The van der Waals surface area contributed by atoms with Crippen LogP contribution < -0.4 is 10.0 Å². The van der Waals surface area contributed by atoms with Crippen molar-refractivity contribution in [1.29, 1.82) is 0 Å². The molecule has 0 spiro atoms. The van der Waals surface area contributed by atoms with E-state index in [0.29, 0.717) is 43.9 Å². The molecule has 3 rings (SSSR count). The average Bonchev–Trinajstić information content (AvgIpc) is 3.07. The van der Waals surface area contributed by atoms with Crippen LogP contribution in [0.2, 0.25) is 0 Å². The molecule has 1 atom stereocenters. The first-order valence-corrected chi connectivity index (χ1v) is 12.5. The summed E-state index contributed by atoms with van der Waals surface area (Å²) in [6, 6.07) is 5.33. The molecule has 2 heterocycles. The molecule has 1 aromatic rings. The maximum absolute atomic E-state index is 12.8. The van der Waals surface area contributed by atoms with Crippen LogP contribution in [0.25, 0.3) is 0 Å². The number of benzene rings is 1. The molecule has 0 aromatic heterocycles. The molecule has 1 saturated heterocycles. The number of nitrogens with zero attached hydrogens (tertiary/aromatic N) is 2. The Balaban J connectivity index is 1.63. The van der Waals surface area contributed by atoms with Crippen LogP contribution in [0, 0.1) is 0 Å². The van der Waals surface area contributed by atoms with Crippen molar-refractivity contribution in [1.82, 2.24) is 9.62 Å². The first kappa shape index (κ1) is 24.0. The monoisotopic (exact) mass is 464 g/mol. The van der Waals surface area contributed by atoms with Gasteiger partial charge in [0.1, 0.15) is 17.5 Å². The number of rotatable bonds is 4. The molecule has 1 fully saturated rings. The van der Waals surface area contributed by atoms with E-state index in [9.17, 15) is 18.0 Å². The van der Waals surface area contributed by atoms with Crippen LogP contribution in [0.5, 0.6) is 0 Å². The molecule has 0 unspecified atom stereocenters. The van der Waals surface area contributed by atoms with Gasteiger partial charge in [-0.05, 0) is 70.7 Å². The number of carbonyl (C=O) groups excluding carboxylic acids is 2. The minimum absolute atomic E-state index is 0.0960. The van der Waals surface area contributed by atoms with Gasteiger partial charge in [0.15, 0.2) is 0 Å². The standard InChI is InChI=1S/C22H32N4O5S/c1-22(2,3)31-21(28)26-15-7-8-18(26)20(27)24-16-10-12-17(13-11-16)32(29,30)25-19-9-5-4-6-14-23-19/h10-13,18H,4-9,14-15H2,1-3H3,(H,23,25)(H,24,27)/t18-/m0/s1. The number of aliphatic imine (C=N–C) groups is 1. The van der Waals surface area contributed by atoms with Gasteiger partial charge in [-0.3, -0.25) is 19.4 Å². The maximum Gasteiger partial charge on any atom is 0.410 e. The largest absolute Gasteiger partial charge is 0.444 e. The molecular weight excluding hydrogens is 432 g/mol. The van der Waals surface area contributed by atoms with Crippen molar-refractivity contribution in [2.45, 2.75) is 75.8 Å². The van der Waals surface area contributed by atoms with Crippen molar-refractivity contribution < 1.29 is 22.7 Å². The highest BCUT2D eigenvalue weighted by atomic mass is 32.2. The van der Waals surface area contributed by atoms with Crippen LogP contribution in [-0.2, 0) is 19.6 Å². The van der Waals surface area contributed by atoms with Gasteiger partial charge in [-0.25, -0.2) is 13.2 Å². The third-order valence-corrected chi connectivity index (χ3v) is 6.64. The quantitative estimate of drug-likeness (QED) is 0.709. The SMILES string of the molecule is CC(C)(C)OC(=O)N1CCC[C@H]1C(=O)Nc1ccc(S(=O)(=O)NC2=NCCCCC2)cc1. The molecule has 176 valence electrons. The first-order valence-electron chi connectivity index (χ1n) is 11.0. The van der Waals surface area contributed by atoms with E-state index in [1.807, 2.05) is 0 Å². The second kappa shape index (κ2) is 9.89. The zero-order valence-corrected chi connectivity index (χ0v) is 19.7. The van der Waals surface area contributed by atoms with Gasteiger partial charge < -0.3 is 10.1 Å². The highest BCUT2D eigenvalue weighted by Gasteiger charge is 2.36. The Kier molecular flexibility index (Phi) is 7.43. The van der Waals surface area contributed by atoms with Crippen molar-refractivity contribution >= 4 is 33.5 Å². The topological polar surface area (TPSA) is 117 Å². The average molecular weight is 465 g/mol. The summed E-state index contributed by atoms with van der Waals surface area (Å²) in [5, 5.41) is 2.77. The summed E-state index contributed by atoms with van der Waals surface area (Å²) in [7, 11) is -3.74.